The molecular weight excluding hydrogens is 373 g/mol. The molecule has 28 heavy (non-hydrogen) atoms. The summed E-state index contributed by atoms with van der Waals surface area (Å²) in [5, 5.41) is 2.31. The van der Waals surface area contributed by atoms with Crippen molar-refractivity contribution in [3.63, 3.8) is 0 Å². The Bertz CT molecular complexity index is 705. The van der Waals surface area contributed by atoms with E-state index in [-0.39, 0.29) is 11.6 Å². The lowest BCUT2D eigenvalue weighted by Gasteiger charge is -2.37. The van der Waals surface area contributed by atoms with E-state index in [1.807, 2.05) is 23.6 Å². The van der Waals surface area contributed by atoms with Gasteiger partial charge in [0.15, 0.2) is 17.5 Å². The highest BCUT2D eigenvalue weighted by atomic mass is 19.2. The first-order chi connectivity index (χ1) is 13.3. The summed E-state index contributed by atoms with van der Waals surface area (Å²) in [5.74, 6) is -4.76. The average Bonchev–Trinajstić information content (AvgIpc) is 2.69. The molecule has 1 atom stereocenters. The van der Waals surface area contributed by atoms with Crippen molar-refractivity contribution in [2.45, 2.75) is 26.8 Å². The van der Waals surface area contributed by atoms with Crippen molar-refractivity contribution < 1.29 is 22.8 Å². The third-order valence-electron chi connectivity index (χ3n) is 5.10. The van der Waals surface area contributed by atoms with Gasteiger partial charge < -0.3 is 10.2 Å². The van der Waals surface area contributed by atoms with Crippen LogP contribution in [0.5, 0.6) is 0 Å². The molecule has 1 saturated heterocycles. The summed E-state index contributed by atoms with van der Waals surface area (Å²) in [4.78, 5) is 30.3. The number of likely N-dealkylation sites (N-methyl/N-ethyl adjacent to an activating group) is 1. The van der Waals surface area contributed by atoms with Crippen LogP contribution in [-0.2, 0) is 9.59 Å². The highest BCUT2D eigenvalue weighted by molar-refractivity contribution is 5.94. The standard InChI is InChI=1S/C19H27F3N4O2/c1-4-25(5-2)16(27)12-24-8-10-26(11-9-24)13(3)19(28)23-15-7-6-14(20)17(21)18(15)22/h6-7,13H,4-5,8-12H2,1-3H3,(H,23,28). The molecule has 1 aliphatic rings. The molecule has 0 spiro atoms. The maximum atomic E-state index is 13.7. The molecule has 2 amide bonds. The number of rotatable bonds is 7. The Morgan fingerprint density at radius 3 is 2.25 bits per heavy atom. The molecular formula is C19H27F3N4O2. The van der Waals surface area contributed by atoms with E-state index < -0.39 is 29.4 Å². The molecule has 1 fully saturated rings. The largest absolute Gasteiger partial charge is 0.342 e. The molecule has 2 rings (SSSR count). The Balaban J connectivity index is 1.87. The van der Waals surface area contributed by atoms with Crippen LogP contribution in [0.1, 0.15) is 20.8 Å². The number of benzene rings is 1. The fraction of sp³-hybridized carbons (Fsp3) is 0.579. The van der Waals surface area contributed by atoms with Gasteiger partial charge in [-0.15, -0.1) is 0 Å². The topological polar surface area (TPSA) is 55.9 Å². The molecule has 156 valence electrons. The maximum absolute atomic E-state index is 13.7. The van der Waals surface area contributed by atoms with Crippen molar-refractivity contribution in [2.24, 2.45) is 0 Å². The van der Waals surface area contributed by atoms with E-state index in [1.165, 1.54) is 0 Å². The average molecular weight is 400 g/mol. The van der Waals surface area contributed by atoms with E-state index >= 15 is 0 Å². The Morgan fingerprint density at radius 1 is 1.07 bits per heavy atom. The molecule has 1 unspecified atom stereocenters. The van der Waals surface area contributed by atoms with Gasteiger partial charge in [0.25, 0.3) is 0 Å². The van der Waals surface area contributed by atoms with Gasteiger partial charge in [-0.1, -0.05) is 0 Å². The van der Waals surface area contributed by atoms with Crippen molar-refractivity contribution >= 4 is 17.5 Å². The van der Waals surface area contributed by atoms with Gasteiger partial charge >= 0.3 is 0 Å². The number of piperazine rings is 1. The van der Waals surface area contributed by atoms with Crippen LogP contribution >= 0.6 is 0 Å². The lowest BCUT2D eigenvalue weighted by molar-refractivity contribution is -0.133. The molecule has 1 heterocycles. The van der Waals surface area contributed by atoms with E-state index in [1.54, 1.807) is 11.8 Å². The summed E-state index contributed by atoms with van der Waals surface area (Å²) in [5.41, 5.74) is -0.390. The van der Waals surface area contributed by atoms with Crippen molar-refractivity contribution in [3.05, 3.63) is 29.6 Å². The number of nitrogens with zero attached hydrogens (tertiary/aromatic N) is 3. The number of amides is 2. The van der Waals surface area contributed by atoms with Gasteiger partial charge in [-0.2, -0.15) is 0 Å². The highest BCUT2D eigenvalue weighted by Gasteiger charge is 2.27. The minimum Gasteiger partial charge on any atom is -0.342 e. The minimum atomic E-state index is -1.61. The Morgan fingerprint density at radius 2 is 1.68 bits per heavy atom. The monoisotopic (exact) mass is 400 g/mol. The van der Waals surface area contributed by atoms with Crippen LogP contribution < -0.4 is 5.32 Å². The first-order valence-electron chi connectivity index (χ1n) is 9.47. The van der Waals surface area contributed by atoms with E-state index in [9.17, 15) is 22.8 Å². The second-order valence-electron chi connectivity index (χ2n) is 6.77. The molecule has 1 aromatic rings. The van der Waals surface area contributed by atoms with Crippen LogP contribution in [0.2, 0.25) is 0 Å². The van der Waals surface area contributed by atoms with Gasteiger partial charge in [0.2, 0.25) is 11.8 Å². The molecule has 9 heteroatoms. The van der Waals surface area contributed by atoms with Crippen molar-refractivity contribution in [1.29, 1.82) is 0 Å². The number of carbonyl (C=O) groups excluding carboxylic acids is 2. The van der Waals surface area contributed by atoms with E-state index in [4.69, 9.17) is 0 Å². The van der Waals surface area contributed by atoms with Crippen LogP contribution in [0.15, 0.2) is 12.1 Å². The third kappa shape index (κ3) is 5.23. The predicted molar refractivity (Wildman–Crippen MR) is 100 cm³/mol. The van der Waals surface area contributed by atoms with E-state index in [0.29, 0.717) is 45.8 Å². The SMILES string of the molecule is CCN(CC)C(=O)CN1CCN(C(C)C(=O)Nc2ccc(F)c(F)c2F)CC1. The number of carbonyl (C=O) groups is 2. The predicted octanol–water partition coefficient (Wildman–Crippen LogP) is 1.92. The zero-order valence-corrected chi connectivity index (χ0v) is 16.5. The van der Waals surface area contributed by atoms with Crippen molar-refractivity contribution in [1.82, 2.24) is 14.7 Å². The summed E-state index contributed by atoms with van der Waals surface area (Å²) < 4.78 is 40.0. The Labute approximate surface area is 163 Å². The van der Waals surface area contributed by atoms with Crippen molar-refractivity contribution in [3.8, 4) is 0 Å². The Kier molecular flexibility index (Phi) is 7.82. The first-order valence-corrected chi connectivity index (χ1v) is 9.47. The summed E-state index contributed by atoms with van der Waals surface area (Å²) >= 11 is 0. The number of anilines is 1. The summed E-state index contributed by atoms with van der Waals surface area (Å²) in [6.07, 6.45) is 0. The van der Waals surface area contributed by atoms with Crippen molar-refractivity contribution in [2.75, 3.05) is 51.1 Å². The fourth-order valence-electron chi connectivity index (χ4n) is 3.20. The first kappa shape index (κ1) is 22.2. The number of halogens is 3. The second kappa shape index (κ2) is 9.88. The molecule has 0 radical (unpaired) electrons. The summed E-state index contributed by atoms with van der Waals surface area (Å²) in [6, 6.07) is 1.19. The van der Waals surface area contributed by atoms with Crippen LogP contribution in [0, 0.1) is 17.5 Å². The lowest BCUT2D eigenvalue weighted by Crippen LogP contribution is -2.54. The van der Waals surface area contributed by atoms with Gasteiger partial charge in [0, 0.05) is 39.3 Å². The molecule has 1 aliphatic heterocycles. The fourth-order valence-corrected chi connectivity index (χ4v) is 3.20. The Hall–Kier alpha value is -2.13. The van der Waals surface area contributed by atoms with Crippen LogP contribution in [0.4, 0.5) is 18.9 Å². The minimum absolute atomic E-state index is 0.0815. The molecule has 1 N–H and O–H groups in total. The van der Waals surface area contributed by atoms with Crippen LogP contribution in [0.25, 0.3) is 0 Å². The molecule has 1 aromatic carbocycles. The normalized spacial score (nSPS) is 16.6. The lowest BCUT2D eigenvalue weighted by atomic mass is 10.2. The van der Waals surface area contributed by atoms with E-state index in [2.05, 4.69) is 5.32 Å². The number of hydrogen-bond donors (Lipinski definition) is 1. The van der Waals surface area contributed by atoms with Gasteiger partial charge in [0.05, 0.1) is 18.3 Å². The second-order valence-corrected chi connectivity index (χ2v) is 6.77. The van der Waals surface area contributed by atoms with E-state index in [0.717, 1.165) is 12.1 Å². The zero-order valence-electron chi connectivity index (χ0n) is 16.5. The molecule has 6 nitrogen and oxygen atoms in total. The van der Waals surface area contributed by atoms with Gasteiger partial charge in [-0.05, 0) is 32.9 Å². The number of hydrogen-bond acceptors (Lipinski definition) is 4. The van der Waals surface area contributed by atoms with Gasteiger partial charge in [0.1, 0.15) is 0 Å². The number of nitrogens with one attached hydrogen (secondary N) is 1. The quantitative estimate of drug-likeness (QED) is 0.711. The summed E-state index contributed by atoms with van der Waals surface area (Å²) in [6.45, 7) is 9.64. The molecule has 0 saturated carbocycles. The van der Waals surface area contributed by atoms with Gasteiger partial charge in [-0.25, -0.2) is 13.2 Å². The molecule has 0 aliphatic carbocycles. The maximum Gasteiger partial charge on any atom is 0.241 e. The molecule has 0 bridgehead atoms. The van der Waals surface area contributed by atoms with Crippen LogP contribution in [0.3, 0.4) is 0 Å². The van der Waals surface area contributed by atoms with Gasteiger partial charge in [-0.3, -0.25) is 19.4 Å². The third-order valence-corrected chi connectivity index (χ3v) is 5.10. The smallest absolute Gasteiger partial charge is 0.241 e. The van der Waals surface area contributed by atoms with Crippen LogP contribution in [-0.4, -0.2) is 78.4 Å². The zero-order chi connectivity index (χ0) is 20.8. The molecule has 0 aromatic heterocycles. The summed E-state index contributed by atoms with van der Waals surface area (Å²) in [7, 11) is 0. The highest BCUT2D eigenvalue weighted by Crippen LogP contribution is 2.20.